The molecule has 1 N–H and O–H groups in total. The molecule has 2 amide bonds. The van der Waals surface area contributed by atoms with Gasteiger partial charge in [0.05, 0.1) is 0 Å². The van der Waals surface area contributed by atoms with Crippen LogP contribution in [0.15, 0.2) is 30.3 Å². The van der Waals surface area contributed by atoms with E-state index in [2.05, 4.69) is 0 Å². The molecule has 26 heavy (non-hydrogen) atoms. The topological polar surface area (TPSA) is 77.9 Å². The second kappa shape index (κ2) is 8.34. The molecule has 6 heteroatoms. The summed E-state index contributed by atoms with van der Waals surface area (Å²) in [5.41, 5.74) is 1.15. The van der Waals surface area contributed by atoms with E-state index in [0.29, 0.717) is 45.3 Å². The van der Waals surface area contributed by atoms with Crippen molar-refractivity contribution in [2.24, 2.45) is 5.92 Å². The Bertz CT molecular complexity index is 653. The van der Waals surface area contributed by atoms with Crippen LogP contribution in [-0.2, 0) is 20.8 Å². The van der Waals surface area contributed by atoms with Crippen LogP contribution in [-0.4, -0.2) is 58.4 Å². The molecule has 2 heterocycles. The first-order valence-electron chi connectivity index (χ1n) is 9.41. The average molecular weight is 358 g/mol. The Kier molecular flexibility index (Phi) is 5.91. The van der Waals surface area contributed by atoms with E-state index in [-0.39, 0.29) is 17.7 Å². The van der Waals surface area contributed by atoms with E-state index in [1.165, 1.54) is 4.90 Å². The van der Waals surface area contributed by atoms with Crippen molar-refractivity contribution in [1.82, 2.24) is 9.80 Å². The van der Waals surface area contributed by atoms with E-state index in [1.54, 1.807) is 0 Å². The maximum Gasteiger partial charge on any atom is 0.326 e. The first-order valence-corrected chi connectivity index (χ1v) is 9.41. The Morgan fingerprint density at radius 1 is 1.00 bits per heavy atom. The summed E-state index contributed by atoms with van der Waals surface area (Å²) < 4.78 is 0. The van der Waals surface area contributed by atoms with Gasteiger partial charge in [0, 0.05) is 32.0 Å². The highest BCUT2D eigenvalue weighted by molar-refractivity contribution is 5.86. The number of nitrogens with zero attached hydrogens (tertiary/aromatic N) is 2. The van der Waals surface area contributed by atoms with Gasteiger partial charge in [0.15, 0.2) is 0 Å². The van der Waals surface area contributed by atoms with Gasteiger partial charge in [0.25, 0.3) is 0 Å². The molecule has 2 fully saturated rings. The predicted octanol–water partition coefficient (Wildman–Crippen LogP) is 1.93. The lowest BCUT2D eigenvalue weighted by molar-refractivity contribution is -0.151. The molecule has 0 saturated carbocycles. The Labute approximate surface area is 153 Å². The van der Waals surface area contributed by atoms with Crippen molar-refractivity contribution in [3.63, 3.8) is 0 Å². The summed E-state index contributed by atoms with van der Waals surface area (Å²) in [6.07, 6.45) is 3.75. The van der Waals surface area contributed by atoms with Crippen LogP contribution in [0.1, 0.15) is 37.7 Å². The van der Waals surface area contributed by atoms with Gasteiger partial charge in [-0.3, -0.25) is 9.59 Å². The van der Waals surface area contributed by atoms with E-state index in [1.807, 2.05) is 35.2 Å². The van der Waals surface area contributed by atoms with Crippen LogP contribution < -0.4 is 0 Å². The molecule has 6 nitrogen and oxygen atoms in total. The van der Waals surface area contributed by atoms with E-state index in [9.17, 15) is 19.5 Å². The van der Waals surface area contributed by atoms with E-state index >= 15 is 0 Å². The second-order valence-electron chi connectivity index (χ2n) is 7.17. The molecule has 140 valence electrons. The molecule has 1 atom stereocenters. The molecule has 0 spiro atoms. The highest BCUT2D eigenvalue weighted by atomic mass is 16.4. The summed E-state index contributed by atoms with van der Waals surface area (Å²) in [5.74, 6) is -0.992. The number of benzene rings is 1. The van der Waals surface area contributed by atoms with Gasteiger partial charge >= 0.3 is 5.97 Å². The number of likely N-dealkylation sites (tertiary alicyclic amines) is 2. The van der Waals surface area contributed by atoms with Crippen LogP contribution in [0.25, 0.3) is 0 Å². The van der Waals surface area contributed by atoms with Crippen LogP contribution in [0.2, 0.25) is 0 Å². The largest absolute Gasteiger partial charge is 0.480 e. The van der Waals surface area contributed by atoms with Crippen LogP contribution in [0.5, 0.6) is 0 Å². The number of rotatable bonds is 5. The van der Waals surface area contributed by atoms with Gasteiger partial charge < -0.3 is 14.9 Å². The third kappa shape index (κ3) is 4.23. The summed E-state index contributed by atoms with van der Waals surface area (Å²) in [5, 5.41) is 9.25. The Balaban J connectivity index is 1.47. The molecule has 0 aliphatic carbocycles. The zero-order chi connectivity index (χ0) is 18.5. The SMILES string of the molecule is O=C(O)[C@H]1CCCN1C(=O)C1CCN(C(=O)CCc2ccccc2)CC1. The predicted molar refractivity (Wildman–Crippen MR) is 96.4 cm³/mol. The number of hydrogen-bond donors (Lipinski definition) is 1. The van der Waals surface area contributed by atoms with Crippen molar-refractivity contribution in [2.45, 2.75) is 44.6 Å². The van der Waals surface area contributed by atoms with Crippen molar-refractivity contribution < 1.29 is 19.5 Å². The molecular formula is C20H26N2O4. The molecule has 3 rings (SSSR count). The van der Waals surface area contributed by atoms with Crippen LogP contribution in [0, 0.1) is 5.92 Å². The Morgan fingerprint density at radius 3 is 2.35 bits per heavy atom. The van der Waals surface area contributed by atoms with Crippen molar-refractivity contribution in [1.29, 1.82) is 0 Å². The van der Waals surface area contributed by atoms with Gasteiger partial charge in [-0.1, -0.05) is 30.3 Å². The fourth-order valence-electron chi connectivity index (χ4n) is 3.95. The van der Waals surface area contributed by atoms with Crippen LogP contribution in [0.4, 0.5) is 0 Å². The number of aryl methyl sites for hydroxylation is 1. The average Bonchev–Trinajstić information content (AvgIpc) is 3.16. The van der Waals surface area contributed by atoms with Gasteiger partial charge in [-0.15, -0.1) is 0 Å². The number of piperidine rings is 1. The van der Waals surface area contributed by atoms with E-state index in [0.717, 1.165) is 18.4 Å². The third-order valence-corrected chi connectivity index (χ3v) is 5.49. The zero-order valence-electron chi connectivity index (χ0n) is 15.0. The van der Waals surface area contributed by atoms with E-state index < -0.39 is 12.0 Å². The van der Waals surface area contributed by atoms with E-state index in [4.69, 9.17) is 0 Å². The molecule has 2 aliphatic heterocycles. The summed E-state index contributed by atoms with van der Waals surface area (Å²) in [6.45, 7) is 1.69. The second-order valence-corrected chi connectivity index (χ2v) is 7.17. The first kappa shape index (κ1) is 18.4. The minimum absolute atomic E-state index is 0.0497. The fourth-order valence-corrected chi connectivity index (χ4v) is 3.95. The van der Waals surface area contributed by atoms with Crippen molar-refractivity contribution in [3.05, 3.63) is 35.9 Å². The molecule has 1 aromatic carbocycles. The number of carbonyl (C=O) groups is 3. The van der Waals surface area contributed by atoms with Crippen molar-refractivity contribution in [2.75, 3.05) is 19.6 Å². The standard InChI is InChI=1S/C20H26N2O4/c23-18(9-8-15-5-2-1-3-6-15)21-13-10-16(11-14-21)19(24)22-12-4-7-17(22)20(25)26/h1-3,5-6,16-17H,4,7-14H2,(H,25,26)/t17-/m1/s1. The minimum Gasteiger partial charge on any atom is -0.480 e. The lowest BCUT2D eigenvalue weighted by atomic mass is 9.94. The summed E-state index contributed by atoms with van der Waals surface area (Å²) in [7, 11) is 0. The summed E-state index contributed by atoms with van der Waals surface area (Å²) >= 11 is 0. The van der Waals surface area contributed by atoms with Gasteiger partial charge in [-0.05, 0) is 37.7 Å². The molecule has 2 saturated heterocycles. The van der Waals surface area contributed by atoms with Crippen LogP contribution >= 0.6 is 0 Å². The fraction of sp³-hybridized carbons (Fsp3) is 0.550. The van der Waals surface area contributed by atoms with Gasteiger partial charge in [-0.2, -0.15) is 0 Å². The summed E-state index contributed by atoms with van der Waals surface area (Å²) in [4.78, 5) is 39.7. The number of hydrogen-bond acceptors (Lipinski definition) is 3. The highest BCUT2D eigenvalue weighted by Gasteiger charge is 2.38. The first-order chi connectivity index (χ1) is 12.6. The number of amides is 2. The molecule has 0 aromatic heterocycles. The lowest BCUT2D eigenvalue weighted by Crippen LogP contribution is -2.47. The van der Waals surface area contributed by atoms with Gasteiger partial charge in [-0.25, -0.2) is 4.79 Å². The smallest absolute Gasteiger partial charge is 0.326 e. The number of carboxylic acids is 1. The minimum atomic E-state index is -0.913. The normalized spacial score (nSPS) is 21.0. The number of carboxylic acid groups (broad SMARTS) is 1. The summed E-state index contributed by atoms with van der Waals surface area (Å²) in [6, 6.07) is 9.27. The van der Waals surface area contributed by atoms with Gasteiger partial charge in [0.1, 0.15) is 6.04 Å². The highest BCUT2D eigenvalue weighted by Crippen LogP contribution is 2.25. The molecular weight excluding hydrogens is 332 g/mol. The quantitative estimate of drug-likeness (QED) is 0.872. The molecule has 0 bridgehead atoms. The molecule has 1 aromatic rings. The van der Waals surface area contributed by atoms with Gasteiger partial charge in [0.2, 0.25) is 11.8 Å². The molecule has 0 radical (unpaired) electrons. The van der Waals surface area contributed by atoms with Crippen LogP contribution in [0.3, 0.4) is 0 Å². The number of carbonyl (C=O) groups excluding carboxylic acids is 2. The Morgan fingerprint density at radius 2 is 1.69 bits per heavy atom. The molecule has 0 unspecified atom stereocenters. The lowest BCUT2D eigenvalue weighted by Gasteiger charge is -2.34. The Hall–Kier alpha value is -2.37. The van der Waals surface area contributed by atoms with Crippen molar-refractivity contribution in [3.8, 4) is 0 Å². The maximum atomic E-state index is 12.7. The zero-order valence-corrected chi connectivity index (χ0v) is 15.0. The van der Waals surface area contributed by atoms with Crippen molar-refractivity contribution >= 4 is 17.8 Å². The number of aliphatic carboxylic acids is 1. The monoisotopic (exact) mass is 358 g/mol. The molecule has 2 aliphatic rings. The third-order valence-electron chi connectivity index (χ3n) is 5.49. The maximum absolute atomic E-state index is 12.7.